The summed E-state index contributed by atoms with van der Waals surface area (Å²) >= 11 is 7.57. The average molecular weight is 447 g/mol. The van der Waals surface area contributed by atoms with Crippen LogP contribution in [-0.2, 0) is 21.9 Å². The van der Waals surface area contributed by atoms with Gasteiger partial charge in [0, 0.05) is 23.9 Å². The monoisotopic (exact) mass is 446 g/mol. The zero-order chi connectivity index (χ0) is 21.9. The predicted molar refractivity (Wildman–Crippen MR) is 127 cm³/mol. The highest BCUT2D eigenvalue weighted by Gasteiger charge is 2.25. The molecule has 0 spiro atoms. The Morgan fingerprint density at radius 2 is 1.87 bits per heavy atom. The Hall–Kier alpha value is -1.98. The molecule has 1 N–H and O–H groups in total. The van der Waals surface area contributed by atoms with Crippen LogP contribution in [0, 0.1) is 6.92 Å². The zero-order valence-electron chi connectivity index (χ0n) is 18.0. The van der Waals surface area contributed by atoms with E-state index >= 15 is 0 Å². The van der Waals surface area contributed by atoms with Crippen LogP contribution < -0.4 is 5.32 Å². The van der Waals surface area contributed by atoms with E-state index in [2.05, 4.69) is 18.3 Å². The third-order valence-corrected chi connectivity index (χ3v) is 6.04. The van der Waals surface area contributed by atoms with Crippen LogP contribution >= 0.6 is 23.4 Å². The van der Waals surface area contributed by atoms with Gasteiger partial charge < -0.3 is 10.2 Å². The van der Waals surface area contributed by atoms with Gasteiger partial charge in [0.1, 0.15) is 6.04 Å². The molecule has 0 aliphatic rings. The molecule has 162 valence electrons. The molecule has 0 radical (unpaired) electrons. The number of halogens is 1. The standard InChI is InChI=1S/C24H31ClN2O2S/c1-4-5-12-26-24(29)19(3)27(15-20-9-6-8-18(2)13-20)23(28)17-30-16-21-10-7-11-22(25)14-21/h6-11,13-14,19H,4-5,12,15-17H2,1-3H3,(H,26,29). The summed E-state index contributed by atoms with van der Waals surface area (Å²) in [6, 6.07) is 15.2. The van der Waals surface area contributed by atoms with Crippen LogP contribution in [0.15, 0.2) is 48.5 Å². The SMILES string of the molecule is CCCCNC(=O)C(C)N(Cc1cccc(C)c1)C(=O)CSCc1cccc(Cl)c1. The molecule has 2 rings (SSSR count). The Morgan fingerprint density at radius 1 is 1.13 bits per heavy atom. The molecule has 2 amide bonds. The first-order valence-electron chi connectivity index (χ1n) is 10.4. The fraction of sp³-hybridized carbons (Fsp3) is 0.417. The zero-order valence-corrected chi connectivity index (χ0v) is 19.6. The van der Waals surface area contributed by atoms with Crippen LogP contribution in [0.2, 0.25) is 5.02 Å². The highest BCUT2D eigenvalue weighted by Crippen LogP contribution is 2.18. The number of carbonyl (C=O) groups is 2. The van der Waals surface area contributed by atoms with Gasteiger partial charge >= 0.3 is 0 Å². The molecule has 0 heterocycles. The molecule has 0 fully saturated rings. The summed E-state index contributed by atoms with van der Waals surface area (Å²) in [5.41, 5.74) is 3.24. The van der Waals surface area contributed by atoms with Gasteiger partial charge in [0.2, 0.25) is 11.8 Å². The maximum atomic E-state index is 13.1. The maximum absolute atomic E-state index is 13.1. The number of rotatable bonds is 11. The number of benzene rings is 2. The van der Waals surface area contributed by atoms with Crippen LogP contribution in [0.4, 0.5) is 0 Å². The van der Waals surface area contributed by atoms with Crippen molar-refractivity contribution in [2.24, 2.45) is 0 Å². The van der Waals surface area contributed by atoms with Gasteiger partial charge in [-0.3, -0.25) is 9.59 Å². The van der Waals surface area contributed by atoms with Crippen molar-refractivity contribution in [2.45, 2.75) is 52.0 Å². The molecule has 0 aromatic heterocycles. The second-order valence-corrected chi connectivity index (χ2v) is 8.88. The van der Waals surface area contributed by atoms with E-state index in [-0.39, 0.29) is 11.8 Å². The summed E-state index contributed by atoms with van der Waals surface area (Å²) in [6.45, 7) is 6.96. The van der Waals surface area contributed by atoms with E-state index in [4.69, 9.17) is 11.6 Å². The first-order chi connectivity index (χ1) is 14.4. The summed E-state index contributed by atoms with van der Waals surface area (Å²) in [5.74, 6) is 0.859. The van der Waals surface area contributed by atoms with Crippen molar-refractivity contribution in [1.29, 1.82) is 0 Å². The number of unbranched alkanes of at least 4 members (excludes halogenated alkanes) is 1. The number of amides is 2. The summed E-state index contributed by atoms with van der Waals surface area (Å²) in [7, 11) is 0. The first-order valence-corrected chi connectivity index (χ1v) is 11.9. The molecule has 30 heavy (non-hydrogen) atoms. The van der Waals surface area contributed by atoms with E-state index in [1.165, 1.54) is 11.8 Å². The van der Waals surface area contributed by atoms with Crippen molar-refractivity contribution in [3.05, 3.63) is 70.2 Å². The van der Waals surface area contributed by atoms with Crippen molar-refractivity contribution >= 4 is 35.2 Å². The topological polar surface area (TPSA) is 49.4 Å². The van der Waals surface area contributed by atoms with E-state index in [0.29, 0.717) is 29.6 Å². The lowest BCUT2D eigenvalue weighted by Crippen LogP contribution is -2.48. The Kier molecular flexibility index (Phi) is 10.2. The Morgan fingerprint density at radius 3 is 2.57 bits per heavy atom. The minimum atomic E-state index is -0.526. The number of nitrogens with one attached hydrogen (secondary N) is 1. The van der Waals surface area contributed by atoms with Crippen LogP contribution in [0.5, 0.6) is 0 Å². The van der Waals surface area contributed by atoms with Crippen LogP contribution in [0.25, 0.3) is 0 Å². The van der Waals surface area contributed by atoms with Crippen molar-refractivity contribution in [2.75, 3.05) is 12.3 Å². The Labute approximate surface area is 189 Å². The summed E-state index contributed by atoms with van der Waals surface area (Å²) in [4.78, 5) is 27.4. The number of aryl methyl sites for hydroxylation is 1. The number of nitrogens with zero attached hydrogens (tertiary/aromatic N) is 1. The van der Waals surface area contributed by atoms with Crippen molar-refractivity contribution in [1.82, 2.24) is 10.2 Å². The van der Waals surface area contributed by atoms with Crippen LogP contribution in [0.1, 0.15) is 43.4 Å². The summed E-state index contributed by atoms with van der Waals surface area (Å²) in [6.07, 6.45) is 1.94. The lowest BCUT2D eigenvalue weighted by molar-refractivity contribution is -0.138. The van der Waals surface area contributed by atoms with Gasteiger partial charge in [-0.05, 0) is 43.5 Å². The third-order valence-electron chi connectivity index (χ3n) is 4.82. The molecular formula is C24H31ClN2O2S. The minimum absolute atomic E-state index is 0.0401. The largest absolute Gasteiger partial charge is 0.354 e. The van der Waals surface area contributed by atoms with Gasteiger partial charge in [0.05, 0.1) is 5.75 Å². The predicted octanol–water partition coefficient (Wildman–Crippen LogP) is 5.22. The molecule has 6 heteroatoms. The molecule has 2 aromatic carbocycles. The molecular weight excluding hydrogens is 416 g/mol. The number of thioether (sulfide) groups is 1. The molecule has 0 bridgehead atoms. The van der Waals surface area contributed by atoms with Crippen molar-refractivity contribution in [3.63, 3.8) is 0 Å². The first kappa shape index (κ1) is 24.3. The van der Waals surface area contributed by atoms with Gasteiger partial charge in [-0.15, -0.1) is 11.8 Å². The Balaban J connectivity index is 2.04. The second kappa shape index (κ2) is 12.7. The molecule has 0 saturated carbocycles. The van der Waals surface area contributed by atoms with Gasteiger partial charge in [-0.25, -0.2) is 0 Å². The maximum Gasteiger partial charge on any atom is 0.242 e. The van der Waals surface area contributed by atoms with Gasteiger partial charge in [-0.1, -0.05) is 66.9 Å². The molecule has 4 nitrogen and oxygen atoms in total. The van der Waals surface area contributed by atoms with E-state index < -0.39 is 6.04 Å². The normalized spacial score (nSPS) is 11.7. The summed E-state index contributed by atoms with van der Waals surface area (Å²) in [5, 5.41) is 3.64. The molecule has 0 aliphatic carbocycles. The molecule has 1 atom stereocenters. The van der Waals surface area contributed by atoms with Gasteiger partial charge in [0.25, 0.3) is 0 Å². The second-order valence-electron chi connectivity index (χ2n) is 7.45. The van der Waals surface area contributed by atoms with E-state index in [0.717, 1.165) is 29.5 Å². The van der Waals surface area contributed by atoms with E-state index in [9.17, 15) is 9.59 Å². The fourth-order valence-electron chi connectivity index (χ4n) is 3.09. The highest BCUT2D eigenvalue weighted by molar-refractivity contribution is 7.99. The van der Waals surface area contributed by atoms with Crippen LogP contribution in [-0.4, -0.2) is 35.1 Å². The van der Waals surface area contributed by atoms with E-state index in [1.807, 2.05) is 49.4 Å². The van der Waals surface area contributed by atoms with Crippen LogP contribution in [0.3, 0.4) is 0 Å². The molecule has 0 saturated heterocycles. The fourth-order valence-corrected chi connectivity index (χ4v) is 4.16. The van der Waals surface area contributed by atoms with E-state index in [1.54, 1.807) is 11.8 Å². The average Bonchev–Trinajstić information content (AvgIpc) is 2.71. The number of hydrogen-bond donors (Lipinski definition) is 1. The molecule has 1 unspecified atom stereocenters. The lowest BCUT2D eigenvalue weighted by atomic mass is 10.1. The highest BCUT2D eigenvalue weighted by atomic mass is 35.5. The summed E-state index contributed by atoms with van der Waals surface area (Å²) < 4.78 is 0. The number of carbonyl (C=O) groups excluding carboxylic acids is 2. The van der Waals surface area contributed by atoms with Crippen molar-refractivity contribution in [3.8, 4) is 0 Å². The smallest absolute Gasteiger partial charge is 0.242 e. The van der Waals surface area contributed by atoms with Gasteiger partial charge in [-0.2, -0.15) is 0 Å². The quantitative estimate of drug-likeness (QED) is 0.481. The minimum Gasteiger partial charge on any atom is -0.354 e. The van der Waals surface area contributed by atoms with Gasteiger partial charge in [0.15, 0.2) is 0 Å². The molecule has 2 aromatic rings. The Bertz CT molecular complexity index is 843. The lowest BCUT2D eigenvalue weighted by Gasteiger charge is -2.29. The number of hydrogen-bond acceptors (Lipinski definition) is 3. The van der Waals surface area contributed by atoms with Crippen molar-refractivity contribution < 1.29 is 9.59 Å². The third kappa shape index (κ3) is 8.04. The molecule has 0 aliphatic heterocycles.